The molecule has 1 N–H and O–H groups in total. The van der Waals surface area contributed by atoms with Crippen LogP contribution >= 0.6 is 11.6 Å². The second-order valence-electron chi connectivity index (χ2n) is 7.55. The molecule has 9 heteroatoms. The summed E-state index contributed by atoms with van der Waals surface area (Å²) in [6, 6.07) is 23.7. The number of halogens is 3. The van der Waals surface area contributed by atoms with Crippen molar-refractivity contribution in [2.24, 2.45) is 0 Å². The van der Waals surface area contributed by atoms with E-state index in [-0.39, 0.29) is 33.4 Å². The fourth-order valence-corrected chi connectivity index (χ4v) is 5.22. The molecule has 0 bridgehead atoms. The lowest BCUT2D eigenvalue weighted by molar-refractivity contribution is 0.102. The number of rotatable bonds is 7. The molecule has 5 nitrogen and oxygen atoms in total. The minimum absolute atomic E-state index is 0.00409. The summed E-state index contributed by atoms with van der Waals surface area (Å²) in [7, 11) is -4.17. The summed E-state index contributed by atoms with van der Waals surface area (Å²) in [5.41, 5.74) is 0.762. The maximum atomic E-state index is 14.0. The second-order valence-corrected chi connectivity index (χ2v) is 9.82. The Morgan fingerprint density at radius 3 is 2.29 bits per heavy atom. The number of carbonyl (C=O) groups is 1. The van der Waals surface area contributed by atoms with E-state index in [1.165, 1.54) is 28.6 Å². The third-order valence-corrected chi connectivity index (χ3v) is 7.23. The highest BCUT2D eigenvalue weighted by Crippen LogP contribution is 2.32. The molecule has 35 heavy (non-hydrogen) atoms. The van der Waals surface area contributed by atoms with Gasteiger partial charge in [0.15, 0.2) is 0 Å². The number of anilines is 2. The van der Waals surface area contributed by atoms with Crippen molar-refractivity contribution in [1.29, 1.82) is 0 Å². The molecule has 178 valence electrons. The number of hydrogen-bond donors (Lipinski definition) is 1. The van der Waals surface area contributed by atoms with Gasteiger partial charge in [-0.15, -0.1) is 0 Å². The highest BCUT2D eigenvalue weighted by molar-refractivity contribution is 7.92. The first-order valence-corrected chi connectivity index (χ1v) is 12.2. The molecule has 0 heterocycles. The van der Waals surface area contributed by atoms with E-state index in [4.69, 9.17) is 11.6 Å². The molecule has 0 fully saturated rings. The predicted octanol–water partition coefficient (Wildman–Crippen LogP) is 6.27. The molecule has 4 aromatic rings. The van der Waals surface area contributed by atoms with E-state index in [9.17, 15) is 22.0 Å². The summed E-state index contributed by atoms with van der Waals surface area (Å²) < 4.78 is 55.8. The van der Waals surface area contributed by atoms with Crippen molar-refractivity contribution in [2.75, 3.05) is 9.62 Å². The molecule has 0 saturated carbocycles. The van der Waals surface area contributed by atoms with Crippen LogP contribution in [-0.2, 0) is 16.6 Å². The van der Waals surface area contributed by atoms with Crippen LogP contribution in [0.4, 0.5) is 20.2 Å². The third kappa shape index (κ3) is 5.50. The van der Waals surface area contributed by atoms with E-state index in [0.717, 1.165) is 17.7 Å². The number of sulfonamides is 1. The molecular weight excluding hydrogens is 494 g/mol. The van der Waals surface area contributed by atoms with Crippen LogP contribution in [-0.4, -0.2) is 14.3 Å². The highest BCUT2D eigenvalue weighted by Gasteiger charge is 2.27. The number of benzene rings is 4. The number of carbonyl (C=O) groups excluding carboxylic acids is 1. The summed E-state index contributed by atoms with van der Waals surface area (Å²) in [5.74, 6) is -2.48. The lowest BCUT2D eigenvalue weighted by Crippen LogP contribution is -2.31. The van der Waals surface area contributed by atoms with Crippen LogP contribution in [0.2, 0.25) is 5.02 Å². The van der Waals surface area contributed by atoms with Crippen LogP contribution in [0.15, 0.2) is 102 Å². The summed E-state index contributed by atoms with van der Waals surface area (Å²) in [5, 5.41) is 2.58. The Kier molecular flexibility index (Phi) is 7.14. The quantitative estimate of drug-likeness (QED) is 0.317. The maximum absolute atomic E-state index is 14.0. The summed E-state index contributed by atoms with van der Waals surface area (Å²) in [6.07, 6.45) is 0. The Morgan fingerprint density at radius 1 is 0.857 bits per heavy atom. The van der Waals surface area contributed by atoms with Gasteiger partial charge in [-0.25, -0.2) is 17.2 Å². The number of para-hydroxylation sites is 1. The molecule has 0 aliphatic carbocycles. The van der Waals surface area contributed by atoms with Gasteiger partial charge >= 0.3 is 0 Å². The number of nitrogens with zero attached hydrogens (tertiary/aromatic N) is 1. The first-order chi connectivity index (χ1) is 16.8. The smallest absolute Gasteiger partial charge is 0.264 e. The number of nitrogens with one attached hydrogen (secondary N) is 1. The van der Waals surface area contributed by atoms with E-state index >= 15 is 0 Å². The second kappa shape index (κ2) is 10.2. The van der Waals surface area contributed by atoms with Gasteiger partial charge in [-0.2, -0.15) is 0 Å². The van der Waals surface area contributed by atoms with E-state index in [0.29, 0.717) is 6.07 Å². The van der Waals surface area contributed by atoms with Crippen LogP contribution in [0, 0.1) is 11.6 Å². The van der Waals surface area contributed by atoms with Crippen LogP contribution in [0.3, 0.4) is 0 Å². The van der Waals surface area contributed by atoms with Gasteiger partial charge in [-0.1, -0.05) is 60.1 Å². The molecular formula is C26H19ClF2N2O3S. The van der Waals surface area contributed by atoms with Gasteiger partial charge in [0.25, 0.3) is 15.9 Å². The first kappa shape index (κ1) is 24.4. The Hall–Kier alpha value is -3.75. The first-order valence-electron chi connectivity index (χ1n) is 10.4. The minimum atomic E-state index is -4.17. The molecule has 0 saturated heterocycles. The van der Waals surface area contributed by atoms with E-state index in [1.54, 1.807) is 48.5 Å². The SMILES string of the molecule is O=C(Nc1ccc(F)cc1F)c1cccc(S(=O)(=O)N(Cc2ccccc2)c2ccccc2Cl)c1. The normalized spacial score (nSPS) is 11.2. The van der Waals surface area contributed by atoms with Crippen molar-refractivity contribution in [3.05, 3.63) is 125 Å². The summed E-state index contributed by atoms with van der Waals surface area (Å²) in [6.45, 7) is 0.00409. The average molecular weight is 513 g/mol. The van der Waals surface area contributed by atoms with Gasteiger partial charge in [0, 0.05) is 11.6 Å². The van der Waals surface area contributed by atoms with Gasteiger partial charge in [0.1, 0.15) is 11.6 Å². The van der Waals surface area contributed by atoms with E-state index in [1.807, 2.05) is 6.07 Å². The van der Waals surface area contributed by atoms with E-state index < -0.39 is 27.6 Å². The van der Waals surface area contributed by atoms with Gasteiger partial charge in [0.2, 0.25) is 0 Å². The Morgan fingerprint density at radius 2 is 1.57 bits per heavy atom. The van der Waals surface area contributed by atoms with Gasteiger partial charge in [-0.3, -0.25) is 9.10 Å². The Bertz CT molecular complexity index is 1480. The zero-order valence-corrected chi connectivity index (χ0v) is 19.7. The van der Waals surface area contributed by atoms with Crippen molar-refractivity contribution < 1.29 is 22.0 Å². The lowest BCUT2D eigenvalue weighted by atomic mass is 10.2. The Labute approximate surface area is 206 Å². The fourth-order valence-electron chi connectivity index (χ4n) is 3.41. The summed E-state index contributed by atoms with van der Waals surface area (Å²) in [4.78, 5) is 12.6. The van der Waals surface area contributed by atoms with Crippen molar-refractivity contribution in [1.82, 2.24) is 0 Å². The van der Waals surface area contributed by atoms with E-state index in [2.05, 4.69) is 5.32 Å². The zero-order chi connectivity index (χ0) is 25.0. The maximum Gasteiger partial charge on any atom is 0.264 e. The minimum Gasteiger partial charge on any atom is -0.319 e. The van der Waals surface area contributed by atoms with Gasteiger partial charge < -0.3 is 5.32 Å². The molecule has 4 rings (SSSR count). The van der Waals surface area contributed by atoms with Crippen molar-refractivity contribution in [3.8, 4) is 0 Å². The lowest BCUT2D eigenvalue weighted by Gasteiger charge is -2.26. The number of amides is 1. The fraction of sp³-hybridized carbons (Fsp3) is 0.0385. The van der Waals surface area contributed by atoms with Gasteiger partial charge in [0.05, 0.1) is 27.8 Å². The predicted molar refractivity (Wildman–Crippen MR) is 132 cm³/mol. The summed E-state index contributed by atoms with van der Waals surface area (Å²) >= 11 is 6.34. The molecule has 0 aliphatic heterocycles. The molecule has 0 aliphatic rings. The Balaban J connectivity index is 1.70. The van der Waals surface area contributed by atoms with Crippen LogP contribution in [0.5, 0.6) is 0 Å². The topological polar surface area (TPSA) is 66.5 Å². The average Bonchev–Trinajstić information content (AvgIpc) is 2.85. The van der Waals surface area contributed by atoms with Crippen molar-refractivity contribution in [2.45, 2.75) is 11.4 Å². The third-order valence-electron chi connectivity index (χ3n) is 5.15. The monoisotopic (exact) mass is 512 g/mol. The standard InChI is InChI=1S/C26H19ClF2N2O3S/c27-22-11-4-5-12-25(22)31(17-18-7-2-1-3-8-18)35(33,34)21-10-6-9-19(15-21)26(32)30-24-14-13-20(28)16-23(24)29/h1-16H,17H2,(H,30,32). The molecule has 0 aromatic heterocycles. The van der Waals surface area contributed by atoms with Crippen LogP contribution in [0.1, 0.15) is 15.9 Å². The zero-order valence-electron chi connectivity index (χ0n) is 18.2. The number of hydrogen-bond acceptors (Lipinski definition) is 3. The molecule has 0 atom stereocenters. The van der Waals surface area contributed by atoms with Crippen molar-refractivity contribution >= 4 is 38.9 Å². The molecule has 0 unspecified atom stereocenters. The van der Waals surface area contributed by atoms with Crippen molar-refractivity contribution in [3.63, 3.8) is 0 Å². The molecule has 0 spiro atoms. The molecule has 0 radical (unpaired) electrons. The van der Waals surface area contributed by atoms with Crippen LogP contribution in [0.25, 0.3) is 0 Å². The molecule has 1 amide bonds. The largest absolute Gasteiger partial charge is 0.319 e. The molecule has 4 aromatic carbocycles. The van der Waals surface area contributed by atoms with Crippen LogP contribution < -0.4 is 9.62 Å². The van der Waals surface area contributed by atoms with Gasteiger partial charge in [-0.05, 0) is 48.0 Å². The highest BCUT2D eigenvalue weighted by atomic mass is 35.5.